The number of aliphatic hydroxyl groups excluding tert-OH is 1. The maximum absolute atomic E-state index is 10.4. The van der Waals surface area contributed by atoms with Crippen molar-refractivity contribution in [3.05, 3.63) is 102 Å². The van der Waals surface area contributed by atoms with Crippen molar-refractivity contribution in [2.45, 2.75) is 52.4 Å². The molecule has 0 aliphatic heterocycles. The topological polar surface area (TPSA) is 38.7 Å². The van der Waals surface area contributed by atoms with E-state index in [2.05, 4.69) is 13.8 Å². The first kappa shape index (κ1) is 23.6. The molecule has 0 fully saturated rings. The van der Waals surface area contributed by atoms with Gasteiger partial charge in [0.05, 0.1) is 6.10 Å². The number of unbranched alkanes of at least 4 members (excludes halogenated alkanes) is 1. The van der Waals surface area contributed by atoms with Gasteiger partial charge in [0.1, 0.15) is 13.2 Å². The maximum Gasteiger partial charge on any atom is 0.162 e. The smallest absolute Gasteiger partial charge is 0.162 e. The van der Waals surface area contributed by atoms with Crippen molar-refractivity contribution in [1.29, 1.82) is 0 Å². The van der Waals surface area contributed by atoms with Gasteiger partial charge in [-0.3, -0.25) is 0 Å². The maximum atomic E-state index is 10.4. The molecule has 3 heteroatoms. The molecule has 0 spiro atoms. The molecule has 0 heterocycles. The van der Waals surface area contributed by atoms with Crippen LogP contribution in [0.4, 0.5) is 0 Å². The van der Waals surface area contributed by atoms with Gasteiger partial charge >= 0.3 is 0 Å². The van der Waals surface area contributed by atoms with Gasteiger partial charge in [0.15, 0.2) is 11.5 Å². The van der Waals surface area contributed by atoms with Crippen LogP contribution in [-0.4, -0.2) is 11.2 Å². The number of rotatable bonds is 12. The van der Waals surface area contributed by atoms with Gasteiger partial charge in [-0.15, -0.1) is 0 Å². The number of hydrogen-bond donors (Lipinski definition) is 1. The first-order chi connectivity index (χ1) is 15.7. The van der Waals surface area contributed by atoms with Crippen LogP contribution in [0.5, 0.6) is 11.5 Å². The molecule has 3 aromatic carbocycles. The largest absolute Gasteiger partial charge is 0.485 e. The van der Waals surface area contributed by atoms with E-state index in [1.807, 2.05) is 91.0 Å². The van der Waals surface area contributed by atoms with Crippen molar-refractivity contribution in [2.75, 3.05) is 0 Å². The summed E-state index contributed by atoms with van der Waals surface area (Å²) in [6.45, 7) is 5.21. The van der Waals surface area contributed by atoms with E-state index in [-0.39, 0.29) is 5.92 Å². The van der Waals surface area contributed by atoms with Gasteiger partial charge in [0.25, 0.3) is 0 Å². The van der Waals surface area contributed by atoms with Crippen molar-refractivity contribution >= 4 is 6.08 Å². The summed E-state index contributed by atoms with van der Waals surface area (Å²) in [4.78, 5) is 0. The predicted octanol–water partition coefficient (Wildman–Crippen LogP) is 7.05. The molecule has 0 amide bonds. The van der Waals surface area contributed by atoms with Gasteiger partial charge in [0, 0.05) is 0 Å². The molecular formula is C29H34O3. The van der Waals surface area contributed by atoms with Crippen LogP contribution in [-0.2, 0) is 13.2 Å². The second-order valence-corrected chi connectivity index (χ2v) is 8.22. The zero-order valence-electron chi connectivity index (χ0n) is 19.1. The van der Waals surface area contributed by atoms with Crippen molar-refractivity contribution in [1.82, 2.24) is 0 Å². The van der Waals surface area contributed by atoms with Crippen LogP contribution in [0.3, 0.4) is 0 Å². The van der Waals surface area contributed by atoms with Gasteiger partial charge in [-0.25, -0.2) is 0 Å². The molecule has 0 saturated carbocycles. The van der Waals surface area contributed by atoms with E-state index in [4.69, 9.17) is 9.47 Å². The van der Waals surface area contributed by atoms with Gasteiger partial charge in [-0.2, -0.15) is 0 Å². The molecule has 0 aliphatic rings. The minimum atomic E-state index is -0.454. The van der Waals surface area contributed by atoms with Crippen LogP contribution in [0.15, 0.2) is 84.9 Å². The molecule has 0 aromatic heterocycles. The number of ether oxygens (including phenoxy) is 2. The molecule has 168 valence electrons. The quantitative estimate of drug-likeness (QED) is 0.335. The van der Waals surface area contributed by atoms with E-state index in [9.17, 15) is 5.11 Å². The van der Waals surface area contributed by atoms with Crippen LogP contribution in [0.1, 0.15) is 49.8 Å². The Kier molecular flexibility index (Phi) is 9.39. The molecule has 0 saturated heterocycles. The van der Waals surface area contributed by atoms with E-state index in [0.29, 0.717) is 24.7 Å². The summed E-state index contributed by atoms with van der Waals surface area (Å²) in [7, 11) is 0. The molecule has 3 nitrogen and oxygen atoms in total. The summed E-state index contributed by atoms with van der Waals surface area (Å²) in [5.41, 5.74) is 3.18. The normalized spacial score (nSPS) is 13.1. The number of hydrogen-bond acceptors (Lipinski definition) is 3. The van der Waals surface area contributed by atoms with Crippen LogP contribution in [0.25, 0.3) is 6.08 Å². The van der Waals surface area contributed by atoms with Crippen LogP contribution < -0.4 is 9.47 Å². The summed E-state index contributed by atoms with van der Waals surface area (Å²) in [6, 6.07) is 26.1. The second-order valence-electron chi connectivity index (χ2n) is 8.22. The van der Waals surface area contributed by atoms with Crippen LogP contribution in [0.2, 0.25) is 0 Å². The van der Waals surface area contributed by atoms with Gasteiger partial charge in [-0.05, 0) is 41.2 Å². The van der Waals surface area contributed by atoms with Crippen molar-refractivity contribution in [3.8, 4) is 11.5 Å². The Labute approximate surface area is 192 Å². The SMILES string of the molecule is CCCCC(C)C(O)/C=C/c1ccc(OCc2ccccc2)c(OCc2ccccc2)c1. The highest BCUT2D eigenvalue weighted by atomic mass is 16.5. The lowest BCUT2D eigenvalue weighted by Gasteiger charge is -2.16. The van der Waals surface area contributed by atoms with Crippen LogP contribution >= 0.6 is 0 Å². The average Bonchev–Trinajstić information content (AvgIpc) is 2.85. The average molecular weight is 431 g/mol. The van der Waals surface area contributed by atoms with Gasteiger partial charge in [-0.1, -0.05) is 106 Å². The molecule has 2 unspecified atom stereocenters. The molecule has 32 heavy (non-hydrogen) atoms. The Balaban J connectivity index is 1.73. The van der Waals surface area contributed by atoms with Crippen molar-refractivity contribution in [3.63, 3.8) is 0 Å². The zero-order valence-corrected chi connectivity index (χ0v) is 19.1. The molecule has 0 aliphatic carbocycles. The Bertz CT molecular complexity index is 951. The first-order valence-electron chi connectivity index (χ1n) is 11.5. The summed E-state index contributed by atoms with van der Waals surface area (Å²) < 4.78 is 12.2. The minimum absolute atomic E-state index is 0.244. The van der Waals surface area contributed by atoms with Crippen molar-refractivity contribution < 1.29 is 14.6 Å². The molecule has 2 atom stereocenters. The predicted molar refractivity (Wildman–Crippen MR) is 132 cm³/mol. The molecule has 0 radical (unpaired) electrons. The molecule has 1 N–H and O–H groups in total. The standard InChI is InChI=1S/C29H34O3/c1-3-4-11-23(2)27(30)18-16-24-17-19-28(31-21-25-12-7-5-8-13-25)29(20-24)32-22-26-14-9-6-10-15-26/h5-10,12-20,23,27,30H,3-4,11,21-22H2,1-2H3/b18-16+. The molecule has 3 aromatic rings. The summed E-state index contributed by atoms with van der Waals surface area (Å²) in [5, 5.41) is 10.4. The second kappa shape index (κ2) is 12.7. The van der Waals surface area contributed by atoms with Gasteiger partial charge in [0.2, 0.25) is 0 Å². The summed E-state index contributed by atoms with van der Waals surface area (Å²) in [5.74, 6) is 1.65. The lowest BCUT2D eigenvalue weighted by atomic mass is 9.97. The Morgan fingerprint density at radius 3 is 2.00 bits per heavy atom. The lowest BCUT2D eigenvalue weighted by Crippen LogP contribution is -2.14. The third kappa shape index (κ3) is 7.58. The number of aliphatic hydroxyl groups is 1. The number of benzene rings is 3. The fourth-order valence-corrected chi connectivity index (χ4v) is 3.43. The molecule has 0 bridgehead atoms. The van der Waals surface area contributed by atoms with Crippen LogP contribution in [0, 0.1) is 5.92 Å². The molecule has 3 rings (SSSR count). The fourth-order valence-electron chi connectivity index (χ4n) is 3.43. The zero-order chi connectivity index (χ0) is 22.6. The highest BCUT2D eigenvalue weighted by molar-refractivity contribution is 5.56. The van der Waals surface area contributed by atoms with E-state index in [1.165, 1.54) is 0 Å². The van der Waals surface area contributed by atoms with E-state index >= 15 is 0 Å². The Morgan fingerprint density at radius 2 is 1.41 bits per heavy atom. The molecular weight excluding hydrogens is 396 g/mol. The van der Waals surface area contributed by atoms with E-state index in [0.717, 1.165) is 36.0 Å². The van der Waals surface area contributed by atoms with Gasteiger partial charge < -0.3 is 14.6 Å². The summed E-state index contributed by atoms with van der Waals surface area (Å²) in [6.07, 6.45) is 6.69. The monoisotopic (exact) mass is 430 g/mol. The lowest BCUT2D eigenvalue weighted by molar-refractivity contribution is 0.156. The third-order valence-electron chi connectivity index (χ3n) is 5.52. The highest BCUT2D eigenvalue weighted by Crippen LogP contribution is 2.31. The first-order valence-corrected chi connectivity index (χ1v) is 11.5. The van der Waals surface area contributed by atoms with E-state index in [1.54, 1.807) is 0 Å². The highest BCUT2D eigenvalue weighted by Gasteiger charge is 2.11. The summed E-state index contributed by atoms with van der Waals surface area (Å²) >= 11 is 0. The van der Waals surface area contributed by atoms with Crippen molar-refractivity contribution in [2.24, 2.45) is 5.92 Å². The minimum Gasteiger partial charge on any atom is -0.485 e. The fraction of sp³-hybridized carbons (Fsp3) is 0.310. The Morgan fingerprint density at radius 1 is 0.812 bits per heavy atom. The third-order valence-corrected chi connectivity index (χ3v) is 5.52. The Hall–Kier alpha value is -3.04. The van der Waals surface area contributed by atoms with E-state index < -0.39 is 6.10 Å².